The van der Waals surface area contributed by atoms with Gasteiger partial charge in [-0.1, -0.05) is 28.1 Å². The molecule has 4 nitrogen and oxygen atoms in total. The van der Waals surface area contributed by atoms with E-state index in [0.717, 1.165) is 10.5 Å². The van der Waals surface area contributed by atoms with Crippen molar-refractivity contribution in [3.8, 4) is 0 Å². The summed E-state index contributed by atoms with van der Waals surface area (Å²) in [6.07, 6.45) is 0. The fraction of sp³-hybridized carbons (Fsp3) is 0.143. The Morgan fingerprint density at radius 1 is 1.30 bits per heavy atom. The van der Waals surface area contributed by atoms with Crippen LogP contribution in [0.25, 0.3) is 0 Å². The molecule has 0 aliphatic rings. The first-order valence-corrected chi connectivity index (χ1v) is 7.67. The first kappa shape index (κ1) is 14.9. The Hall–Kier alpha value is -1.53. The van der Waals surface area contributed by atoms with Gasteiger partial charge in [0, 0.05) is 32.4 Å². The van der Waals surface area contributed by atoms with Gasteiger partial charge in [-0.3, -0.25) is 10.1 Å². The highest BCUT2D eigenvalue weighted by Gasteiger charge is 2.14. The fourth-order valence-electron chi connectivity index (χ4n) is 1.76. The molecular formula is C14H13BrN2O2S. The molecule has 2 aromatic rings. The predicted octanol–water partition coefficient (Wildman–Crippen LogP) is 4.54. The predicted molar refractivity (Wildman–Crippen MR) is 85.9 cm³/mol. The average molecular weight is 353 g/mol. The minimum atomic E-state index is -0.354. The van der Waals surface area contributed by atoms with E-state index in [4.69, 9.17) is 5.73 Å². The zero-order chi connectivity index (χ0) is 14.7. The molecule has 0 aromatic heterocycles. The van der Waals surface area contributed by atoms with Crippen LogP contribution in [0.5, 0.6) is 0 Å². The third-order valence-electron chi connectivity index (χ3n) is 2.84. The van der Waals surface area contributed by atoms with E-state index in [1.165, 1.54) is 6.07 Å². The van der Waals surface area contributed by atoms with Gasteiger partial charge in [0.15, 0.2) is 0 Å². The first-order valence-electron chi connectivity index (χ1n) is 5.89. The maximum absolute atomic E-state index is 11.1. The van der Waals surface area contributed by atoms with Crippen molar-refractivity contribution < 1.29 is 4.92 Å². The highest BCUT2D eigenvalue weighted by molar-refractivity contribution is 9.10. The summed E-state index contributed by atoms with van der Waals surface area (Å²) in [6, 6.07) is 10.8. The quantitative estimate of drug-likeness (QED) is 0.379. The number of thioether (sulfide) groups is 1. The van der Waals surface area contributed by atoms with Crippen LogP contribution in [0.4, 0.5) is 11.4 Å². The van der Waals surface area contributed by atoms with Gasteiger partial charge in [0.05, 0.1) is 4.92 Å². The van der Waals surface area contributed by atoms with Crippen LogP contribution in [-0.4, -0.2) is 4.92 Å². The molecule has 0 atom stereocenters. The molecule has 0 amide bonds. The number of hydrogen-bond donors (Lipinski definition) is 1. The van der Waals surface area contributed by atoms with E-state index in [-0.39, 0.29) is 10.6 Å². The number of nitrogens with zero attached hydrogens (tertiary/aromatic N) is 1. The van der Waals surface area contributed by atoms with Crippen LogP contribution in [0.2, 0.25) is 0 Å². The molecule has 0 aliphatic heterocycles. The number of nitrogen functional groups attached to an aromatic ring is 1. The topological polar surface area (TPSA) is 69.2 Å². The molecule has 0 spiro atoms. The number of anilines is 1. The van der Waals surface area contributed by atoms with Crippen LogP contribution in [0.15, 0.2) is 45.8 Å². The summed E-state index contributed by atoms with van der Waals surface area (Å²) in [5.41, 5.74) is 8.41. The molecular weight excluding hydrogens is 340 g/mol. The summed E-state index contributed by atoms with van der Waals surface area (Å²) in [5.74, 6) is 0.536. The number of benzene rings is 2. The number of aryl methyl sites for hydroxylation is 1. The number of halogens is 1. The summed E-state index contributed by atoms with van der Waals surface area (Å²) in [6.45, 7) is 2.00. The number of nitro benzene ring substituents is 1. The maximum atomic E-state index is 11.1. The van der Waals surface area contributed by atoms with E-state index >= 15 is 0 Å². The monoisotopic (exact) mass is 352 g/mol. The molecule has 0 saturated heterocycles. The fourth-order valence-corrected chi connectivity index (χ4v) is 3.18. The van der Waals surface area contributed by atoms with Crippen molar-refractivity contribution in [2.45, 2.75) is 17.6 Å². The van der Waals surface area contributed by atoms with Crippen molar-refractivity contribution in [2.75, 3.05) is 5.73 Å². The molecule has 2 N–H and O–H groups in total. The number of rotatable bonds is 4. The summed E-state index contributed by atoms with van der Waals surface area (Å²) >= 11 is 4.81. The van der Waals surface area contributed by atoms with Gasteiger partial charge in [-0.15, -0.1) is 11.8 Å². The van der Waals surface area contributed by atoms with Crippen molar-refractivity contribution in [3.05, 3.63) is 62.1 Å². The van der Waals surface area contributed by atoms with Crippen LogP contribution in [0.1, 0.15) is 11.1 Å². The smallest absolute Gasteiger partial charge is 0.274 e. The van der Waals surface area contributed by atoms with Gasteiger partial charge in [0.1, 0.15) is 0 Å². The normalized spacial score (nSPS) is 10.5. The van der Waals surface area contributed by atoms with Crippen LogP contribution < -0.4 is 5.73 Å². The molecule has 0 radical (unpaired) electrons. The zero-order valence-electron chi connectivity index (χ0n) is 10.8. The summed E-state index contributed by atoms with van der Waals surface area (Å²) in [5, 5.41) is 11.1. The SMILES string of the molecule is Cc1ccc(N)cc1SCc1ccc(Br)cc1[N+](=O)[O-]. The summed E-state index contributed by atoms with van der Waals surface area (Å²) < 4.78 is 0.707. The first-order chi connectivity index (χ1) is 9.47. The van der Waals surface area contributed by atoms with E-state index < -0.39 is 0 Å². The molecule has 0 fully saturated rings. The number of hydrogen-bond acceptors (Lipinski definition) is 4. The van der Waals surface area contributed by atoms with Gasteiger partial charge in [-0.25, -0.2) is 0 Å². The van der Waals surface area contributed by atoms with E-state index in [9.17, 15) is 10.1 Å². The summed E-state index contributed by atoms with van der Waals surface area (Å²) in [7, 11) is 0. The molecule has 0 heterocycles. The van der Waals surface area contributed by atoms with E-state index in [1.807, 2.05) is 31.2 Å². The Labute approximate surface area is 129 Å². The lowest BCUT2D eigenvalue weighted by atomic mass is 10.2. The van der Waals surface area contributed by atoms with Gasteiger partial charge >= 0.3 is 0 Å². The summed E-state index contributed by atoms with van der Waals surface area (Å²) in [4.78, 5) is 11.8. The minimum absolute atomic E-state index is 0.133. The Morgan fingerprint density at radius 2 is 2.05 bits per heavy atom. The van der Waals surface area contributed by atoms with E-state index in [1.54, 1.807) is 17.8 Å². The molecule has 2 rings (SSSR count). The number of nitrogens with two attached hydrogens (primary N) is 1. The average Bonchev–Trinajstić information content (AvgIpc) is 2.40. The second kappa shape index (κ2) is 6.28. The third-order valence-corrected chi connectivity index (χ3v) is 4.54. The maximum Gasteiger partial charge on any atom is 0.274 e. The van der Waals surface area contributed by atoms with Crippen LogP contribution in [0.3, 0.4) is 0 Å². The molecule has 0 unspecified atom stereocenters. The second-order valence-corrected chi connectivity index (χ2v) is 6.28. The van der Waals surface area contributed by atoms with E-state index in [2.05, 4.69) is 15.9 Å². The molecule has 104 valence electrons. The van der Waals surface area contributed by atoms with Gasteiger partial charge in [0.25, 0.3) is 5.69 Å². The van der Waals surface area contributed by atoms with Crippen LogP contribution in [0, 0.1) is 17.0 Å². The molecule has 0 saturated carbocycles. The van der Waals surface area contributed by atoms with Crippen LogP contribution >= 0.6 is 27.7 Å². The molecule has 20 heavy (non-hydrogen) atoms. The minimum Gasteiger partial charge on any atom is -0.399 e. The van der Waals surface area contributed by atoms with Crippen molar-refractivity contribution in [2.24, 2.45) is 0 Å². The zero-order valence-corrected chi connectivity index (χ0v) is 13.2. The molecule has 0 bridgehead atoms. The van der Waals surface area contributed by atoms with Crippen molar-refractivity contribution >= 4 is 39.1 Å². The lowest BCUT2D eigenvalue weighted by Crippen LogP contribution is -1.94. The van der Waals surface area contributed by atoms with Gasteiger partial charge in [0.2, 0.25) is 0 Å². The Balaban J connectivity index is 2.23. The van der Waals surface area contributed by atoms with Crippen molar-refractivity contribution in [3.63, 3.8) is 0 Å². The van der Waals surface area contributed by atoms with Crippen molar-refractivity contribution in [1.82, 2.24) is 0 Å². The second-order valence-electron chi connectivity index (χ2n) is 4.34. The Bertz CT molecular complexity index is 662. The third kappa shape index (κ3) is 3.52. The van der Waals surface area contributed by atoms with Gasteiger partial charge < -0.3 is 5.73 Å². The lowest BCUT2D eigenvalue weighted by molar-refractivity contribution is -0.385. The number of nitro groups is 1. The molecule has 2 aromatic carbocycles. The highest BCUT2D eigenvalue weighted by Crippen LogP contribution is 2.32. The Kier molecular flexibility index (Phi) is 4.67. The van der Waals surface area contributed by atoms with Crippen LogP contribution in [-0.2, 0) is 5.75 Å². The largest absolute Gasteiger partial charge is 0.399 e. The van der Waals surface area contributed by atoms with E-state index in [0.29, 0.717) is 21.5 Å². The Morgan fingerprint density at radius 3 is 2.75 bits per heavy atom. The standard InChI is InChI=1S/C14H13BrN2O2S/c1-9-2-5-12(16)7-14(9)20-8-10-3-4-11(15)6-13(10)17(18)19/h2-7H,8,16H2,1H3. The highest BCUT2D eigenvalue weighted by atomic mass is 79.9. The lowest BCUT2D eigenvalue weighted by Gasteiger charge is -2.07. The molecule has 6 heteroatoms. The molecule has 0 aliphatic carbocycles. The van der Waals surface area contributed by atoms with Crippen molar-refractivity contribution in [1.29, 1.82) is 0 Å². The van der Waals surface area contributed by atoms with Gasteiger partial charge in [-0.05, 0) is 30.7 Å². The van der Waals surface area contributed by atoms with Gasteiger partial charge in [-0.2, -0.15) is 0 Å².